The molecule has 1 amide bonds. The summed E-state index contributed by atoms with van der Waals surface area (Å²) >= 11 is 0. The van der Waals surface area contributed by atoms with E-state index in [2.05, 4.69) is 4.98 Å². The molecule has 2 aromatic carbocycles. The molecular formula is C18H14N2O. The maximum absolute atomic E-state index is 12.0. The highest BCUT2D eigenvalue weighted by molar-refractivity contribution is 6.05. The summed E-state index contributed by atoms with van der Waals surface area (Å²) in [6.07, 6.45) is 1.71. The van der Waals surface area contributed by atoms with E-state index in [1.54, 1.807) is 6.20 Å². The van der Waals surface area contributed by atoms with Crippen LogP contribution in [0.15, 0.2) is 72.9 Å². The van der Waals surface area contributed by atoms with Gasteiger partial charge in [-0.05, 0) is 17.2 Å². The van der Waals surface area contributed by atoms with Crippen molar-refractivity contribution in [2.24, 2.45) is 5.73 Å². The van der Waals surface area contributed by atoms with Gasteiger partial charge in [-0.15, -0.1) is 0 Å². The Morgan fingerprint density at radius 2 is 1.38 bits per heavy atom. The summed E-state index contributed by atoms with van der Waals surface area (Å²) in [5, 5.41) is 0. The Morgan fingerprint density at radius 3 is 1.95 bits per heavy atom. The summed E-state index contributed by atoms with van der Waals surface area (Å²) in [4.78, 5) is 16.3. The lowest BCUT2D eigenvalue weighted by molar-refractivity contribution is 0.100. The van der Waals surface area contributed by atoms with Gasteiger partial charge in [0.25, 0.3) is 5.91 Å². The predicted molar refractivity (Wildman–Crippen MR) is 83.6 cm³/mol. The number of rotatable bonds is 3. The van der Waals surface area contributed by atoms with Crippen LogP contribution in [0, 0.1) is 0 Å². The molecule has 1 aromatic heterocycles. The van der Waals surface area contributed by atoms with Gasteiger partial charge in [0.2, 0.25) is 0 Å². The number of primary amides is 1. The number of amides is 1. The van der Waals surface area contributed by atoms with Gasteiger partial charge in [0, 0.05) is 11.8 Å². The molecule has 3 heteroatoms. The zero-order chi connectivity index (χ0) is 14.7. The Morgan fingerprint density at radius 1 is 0.810 bits per heavy atom. The molecule has 2 N–H and O–H groups in total. The third kappa shape index (κ3) is 2.54. The second kappa shape index (κ2) is 5.59. The van der Waals surface area contributed by atoms with Crippen LogP contribution < -0.4 is 5.73 Å². The monoisotopic (exact) mass is 274 g/mol. The Kier molecular flexibility index (Phi) is 3.48. The van der Waals surface area contributed by atoms with Crippen LogP contribution in [-0.2, 0) is 0 Å². The number of benzene rings is 2. The minimum absolute atomic E-state index is 0.454. The predicted octanol–water partition coefficient (Wildman–Crippen LogP) is 3.51. The maximum atomic E-state index is 12.0. The SMILES string of the molecule is NC(=O)c1c(-c2ccccc2)ccnc1-c1ccccc1. The van der Waals surface area contributed by atoms with Crippen LogP contribution in [0.2, 0.25) is 0 Å². The number of nitrogens with two attached hydrogens (primary N) is 1. The van der Waals surface area contributed by atoms with Gasteiger partial charge >= 0.3 is 0 Å². The topological polar surface area (TPSA) is 56.0 Å². The molecule has 0 fully saturated rings. The Labute approximate surface area is 123 Å². The normalized spacial score (nSPS) is 10.3. The maximum Gasteiger partial charge on any atom is 0.251 e. The number of pyridine rings is 1. The van der Waals surface area contributed by atoms with Crippen molar-refractivity contribution in [2.45, 2.75) is 0 Å². The van der Waals surface area contributed by atoms with E-state index in [0.29, 0.717) is 11.3 Å². The zero-order valence-electron chi connectivity index (χ0n) is 11.4. The largest absolute Gasteiger partial charge is 0.366 e. The van der Waals surface area contributed by atoms with Gasteiger partial charge in [0.05, 0.1) is 11.3 Å². The molecule has 102 valence electrons. The second-order valence-electron chi connectivity index (χ2n) is 4.68. The van der Waals surface area contributed by atoms with Gasteiger partial charge in [-0.25, -0.2) is 0 Å². The van der Waals surface area contributed by atoms with Crippen LogP contribution in [0.3, 0.4) is 0 Å². The first-order valence-corrected chi connectivity index (χ1v) is 6.67. The summed E-state index contributed by atoms with van der Waals surface area (Å²) in [5.74, 6) is -0.471. The quantitative estimate of drug-likeness (QED) is 0.794. The van der Waals surface area contributed by atoms with Gasteiger partial charge < -0.3 is 5.73 Å². The smallest absolute Gasteiger partial charge is 0.251 e. The van der Waals surface area contributed by atoms with Crippen LogP contribution in [0.5, 0.6) is 0 Å². The highest BCUT2D eigenvalue weighted by Gasteiger charge is 2.17. The molecule has 0 saturated carbocycles. The molecular weight excluding hydrogens is 260 g/mol. The van der Waals surface area contributed by atoms with E-state index in [4.69, 9.17) is 5.73 Å². The zero-order valence-corrected chi connectivity index (χ0v) is 11.4. The van der Waals surface area contributed by atoms with Crippen LogP contribution in [-0.4, -0.2) is 10.9 Å². The summed E-state index contributed by atoms with van der Waals surface area (Å²) in [6, 6.07) is 21.1. The van der Waals surface area contributed by atoms with E-state index in [0.717, 1.165) is 16.7 Å². The van der Waals surface area contributed by atoms with Crippen molar-refractivity contribution in [3.8, 4) is 22.4 Å². The number of hydrogen-bond donors (Lipinski definition) is 1. The first kappa shape index (κ1) is 13.1. The second-order valence-corrected chi connectivity index (χ2v) is 4.68. The molecule has 0 saturated heterocycles. The molecule has 0 aliphatic rings. The average molecular weight is 274 g/mol. The van der Waals surface area contributed by atoms with Crippen molar-refractivity contribution in [1.82, 2.24) is 4.98 Å². The van der Waals surface area contributed by atoms with Crippen LogP contribution in [0.1, 0.15) is 10.4 Å². The molecule has 0 unspecified atom stereocenters. The van der Waals surface area contributed by atoms with E-state index in [1.165, 1.54) is 0 Å². The lowest BCUT2D eigenvalue weighted by Crippen LogP contribution is -2.15. The van der Waals surface area contributed by atoms with E-state index in [-0.39, 0.29) is 0 Å². The molecule has 3 aromatic rings. The van der Waals surface area contributed by atoms with Gasteiger partial charge in [0.15, 0.2) is 0 Å². The Hall–Kier alpha value is -2.94. The summed E-state index contributed by atoms with van der Waals surface area (Å²) in [6.45, 7) is 0. The lowest BCUT2D eigenvalue weighted by atomic mass is 9.96. The van der Waals surface area contributed by atoms with Crippen molar-refractivity contribution < 1.29 is 4.79 Å². The number of nitrogens with zero attached hydrogens (tertiary/aromatic N) is 1. The third-order valence-corrected chi connectivity index (χ3v) is 3.33. The summed E-state index contributed by atoms with van der Waals surface area (Å²) < 4.78 is 0. The standard InChI is InChI=1S/C18H14N2O/c19-18(21)16-15(13-7-3-1-4-8-13)11-12-20-17(16)14-9-5-2-6-10-14/h1-12H,(H2,19,21). The van der Waals surface area contributed by atoms with E-state index < -0.39 is 5.91 Å². The van der Waals surface area contributed by atoms with Crippen LogP contribution >= 0.6 is 0 Å². The average Bonchev–Trinajstić information content (AvgIpc) is 2.55. The molecule has 21 heavy (non-hydrogen) atoms. The van der Waals surface area contributed by atoms with Gasteiger partial charge in [-0.1, -0.05) is 60.7 Å². The van der Waals surface area contributed by atoms with Crippen molar-refractivity contribution in [2.75, 3.05) is 0 Å². The van der Waals surface area contributed by atoms with Gasteiger partial charge in [-0.3, -0.25) is 9.78 Å². The molecule has 0 spiro atoms. The highest BCUT2D eigenvalue weighted by Crippen LogP contribution is 2.30. The summed E-state index contributed by atoms with van der Waals surface area (Å²) in [7, 11) is 0. The van der Waals surface area contributed by atoms with Crippen LogP contribution in [0.25, 0.3) is 22.4 Å². The number of carbonyl (C=O) groups is 1. The van der Waals surface area contributed by atoms with Crippen molar-refractivity contribution in [3.05, 3.63) is 78.5 Å². The molecule has 3 rings (SSSR count). The number of carbonyl (C=O) groups excluding carboxylic acids is 1. The van der Waals surface area contributed by atoms with Crippen molar-refractivity contribution in [3.63, 3.8) is 0 Å². The molecule has 0 aliphatic heterocycles. The fraction of sp³-hybridized carbons (Fsp3) is 0. The van der Waals surface area contributed by atoms with E-state index >= 15 is 0 Å². The lowest BCUT2D eigenvalue weighted by Gasteiger charge is -2.11. The molecule has 0 bridgehead atoms. The number of hydrogen-bond acceptors (Lipinski definition) is 2. The first-order valence-electron chi connectivity index (χ1n) is 6.67. The molecule has 0 radical (unpaired) electrons. The van der Waals surface area contributed by atoms with Crippen molar-refractivity contribution >= 4 is 5.91 Å². The minimum atomic E-state index is -0.471. The highest BCUT2D eigenvalue weighted by atomic mass is 16.1. The van der Waals surface area contributed by atoms with Crippen molar-refractivity contribution in [1.29, 1.82) is 0 Å². The van der Waals surface area contributed by atoms with Crippen LogP contribution in [0.4, 0.5) is 0 Å². The molecule has 0 aliphatic carbocycles. The van der Waals surface area contributed by atoms with Gasteiger partial charge in [-0.2, -0.15) is 0 Å². The number of aromatic nitrogens is 1. The van der Waals surface area contributed by atoms with Gasteiger partial charge in [0.1, 0.15) is 0 Å². The first-order chi connectivity index (χ1) is 10.3. The fourth-order valence-electron chi connectivity index (χ4n) is 2.38. The third-order valence-electron chi connectivity index (χ3n) is 3.33. The van der Waals surface area contributed by atoms with E-state index in [1.807, 2.05) is 66.7 Å². The fourth-order valence-corrected chi connectivity index (χ4v) is 2.38. The van der Waals surface area contributed by atoms with E-state index in [9.17, 15) is 4.79 Å². The molecule has 0 atom stereocenters. The Balaban J connectivity index is 2.26. The minimum Gasteiger partial charge on any atom is -0.366 e. The Bertz CT molecular complexity index is 710. The molecule has 3 nitrogen and oxygen atoms in total. The summed E-state index contributed by atoms with van der Waals surface area (Å²) in [5.41, 5.74) is 9.31. The molecule has 1 heterocycles.